The number of methoxy groups -OCH3 is 1. The van der Waals surface area contributed by atoms with Crippen LogP contribution in [-0.2, 0) is 11.3 Å². The van der Waals surface area contributed by atoms with Crippen LogP contribution in [0, 0.1) is 11.3 Å². The first-order chi connectivity index (χ1) is 15.5. The minimum Gasteiger partial charge on any atom is -0.497 e. The van der Waals surface area contributed by atoms with Gasteiger partial charge in [-0.15, -0.1) is 0 Å². The summed E-state index contributed by atoms with van der Waals surface area (Å²) in [6.45, 7) is 0.364. The van der Waals surface area contributed by atoms with Gasteiger partial charge in [0, 0.05) is 12.2 Å². The van der Waals surface area contributed by atoms with Crippen molar-refractivity contribution in [1.29, 1.82) is 5.26 Å². The first-order valence-electron chi connectivity index (χ1n) is 9.59. The molecule has 2 aromatic carbocycles. The normalized spacial score (nSPS) is 10.1. The van der Waals surface area contributed by atoms with Gasteiger partial charge in [-0.1, -0.05) is 42.1 Å². The lowest BCUT2D eigenvalue weighted by Crippen LogP contribution is -2.24. The van der Waals surface area contributed by atoms with E-state index in [0.717, 1.165) is 23.1 Å². The zero-order chi connectivity index (χ0) is 22.9. The van der Waals surface area contributed by atoms with Gasteiger partial charge in [0.1, 0.15) is 22.7 Å². The predicted molar refractivity (Wildman–Crippen MR) is 123 cm³/mol. The number of carbonyl (C=O) groups excluding carboxylic acids is 2. The number of amides is 2. The summed E-state index contributed by atoms with van der Waals surface area (Å²) in [5, 5.41) is 15.3. The minimum absolute atomic E-state index is 0.0152. The van der Waals surface area contributed by atoms with Crippen LogP contribution in [0.3, 0.4) is 0 Å². The second-order valence-electron chi connectivity index (χ2n) is 6.62. The van der Waals surface area contributed by atoms with Gasteiger partial charge in [0.25, 0.3) is 5.91 Å². The van der Waals surface area contributed by atoms with Crippen LogP contribution in [0.15, 0.2) is 65.7 Å². The van der Waals surface area contributed by atoms with E-state index in [1.54, 1.807) is 31.4 Å². The molecule has 0 atom stereocenters. The monoisotopic (exact) mass is 447 g/mol. The fraction of sp³-hybridized carbons (Fsp3) is 0.130. The molecule has 32 heavy (non-hydrogen) atoms. The van der Waals surface area contributed by atoms with Crippen molar-refractivity contribution in [3.8, 4) is 11.8 Å². The van der Waals surface area contributed by atoms with Crippen molar-refractivity contribution in [1.82, 2.24) is 10.3 Å². The standard InChI is InChI=1S/C23H21N5O3S/c1-31-18-9-7-15(8-10-18)13-26-20(29)14-32-23-16(12-24)11-19(21(25)28-23)22(30)27-17-5-3-2-4-6-17/h2-11H,13-14H2,1H3,(H2,25,28)(H,26,29)(H,27,30). The summed E-state index contributed by atoms with van der Waals surface area (Å²) in [5.41, 5.74) is 7.75. The number of rotatable bonds is 8. The molecule has 0 aliphatic rings. The van der Waals surface area contributed by atoms with Crippen molar-refractivity contribution in [2.45, 2.75) is 11.6 Å². The third-order valence-electron chi connectivity index (χ3n) is 4.40. The summed E-state index contributed by atoms with van der Waals surface area (Å²) < 4.78 is 5.11. The van der Waals surface area contributed by atoms with Gasteiger partial charge in [-0.3, -0.25) is 9.59 Å². The van der Waals surface area contributed by atoms with Crippen molar-refractivity contribution in [3.63, 3.8) is 0 Å². The van der Waals surface area contributed by atoms with E-state index in [1.165, 1.54) is 6.07 Å². The van der Waals surface area contributed by atoms with E-state index >= 15 is 0 Å². The summed E-state index contributed by atoms with van der Waals surface area (Å²) in [7, 11) is 1.59. The molecule has 4 N–H and O–H groups in total. The van der Waals surface area contributed by atoms with Gasteiger partial charge in [0.05, 0.1) is 24.0 Å². The Labute approximate surface area is 189 Å². The third kappa shape index (κ3) is 6.00. The van der Waals surface area contributed by atoms with Gasteiger partial charge in [-0.2, -0.15) is 5.26 Å². The highest BCUT2D eigenvalue weighted by Gasteiger charge is 2.17. The number of pyridine rings is 1. The topological polar surface area (TPSA) is 130 Å². The van der Waals surface area contributed by atoms with Gasteiger partial charge in [-0.25, -0.2) is 4.98 Å². The lowest BCUT2D eigenvalue weighted by Gasteiger charge is -2.10. The molecule has 0 radical (unpaired) electrons. The number of anilines is 2. The highest BCUT2D eigenvalue weighted by molar-refractivity contribution is 8.00. The number of ether oxygens (including phenoxy) is 1. The number of nitrogens with zero attached hydrogens (tertiary/aromatic N) is 2. The number of nitrogens with two attached hydrogens (primary N) is 1. The second-order valence-corrected chi connectivity index (χ2v) is 7.58. The van der Waals surface area contributed by atoms with Crippen LogP contribution in [-0.4, -0.2) is 29.7 Å². The van der Waals surface area contributed by atoms with Gasteiger partial charge in [0.2, 0.25) is 5.91 Å². The van der Waals surface area contributed by atoms with E-state index < -0.39 is 5.91 Å². The Bertz CT molecular complexity index is 1140. The number of aromatic nitrogens is 1. The van der Waals surface area contributed by atoms with E-state index in [-0.39, 0.29) is 28.6 Å². The maximum atomic E-state index is 12.5. The Balaban J connectivity index is 1.61. The number of hydrogen-bond donors (Lipinski definition) is 3. The van der Waals surface area contributed by atoms with Crippen LogP contribution in [0.2, 0.25) is 0 Å². The van der Waals surface area contributed by atoms with Gasteiger partial charge < -0.3 is 21.1 Å². The maximum Gasteiger partial charge on any atom is 0.259 e. The Kier molecular flexibility index (Phi) is 7.67. The molecule has 2 amide bonds. The molecule has 1 aromatic heterocycles. The lowest BCUT2D eigenvalue weighted by atomic mass is 10.2. The number of nitrogen functional groups attached to an aromatic ring is 1. The molecule has 0 saturated heterocycles. The predicted octanol–water partition coefficient (Wildman–Crippen LogP) is 3.20. The van der Waals surface area contributed by atoms with Crippen molar-refractivity contribution in [2.75, 3.05) is 23.9 Å². The number of nitrogens with one attached hydrogen (secondary N) is 2. The minimum atomic E-state index is -0.466. The molecule has 0 fully saturated rings. The molecule has 3 aromatic rings. The van der Waals surface area contributed by atoms with Crippen molar-refractivity contribution in [3.05, 3.63) is 77.4 Å². The molecule has 0 unspecified atom stereocenters. The Morgan fingerprint density at radius 2 is 1.88 bits per heavy atom. The van der Waals surface area contributed by atoms with Crippen molar-refractivity contribution < 1.29 is 14.3 Å². The highest BCUT2D eigenvalue weighted by atomic mass is 32.2. The molecule has 0 bridgehead atoms. The summed E-state index contributed by atoms with van der Waals surface area (Å²) in [5.74, 6) is 0.0857. The fourth-order valence-corrected chi connectivity index (χ4v) is 3.52. The summed E-state index contributed by atoms with van der Waals surface area (Å²) >= 11 is 1.08. The number of thioether (sulfide) groups is 1. The van der Waals surface area contributed by atoms with E-state index in [2.05, 4.69) is 15.6 Å². The van der Waals surface area contributed by atoms with Crippen molar-refractivity contribution >= 4 is 35.1 Å². The second kappa shape index (κ2) is 10.8. The molecule has 162 valence electrons. The Morgan fingerprint density at radius 3 is 2.53 bits per heavy atom. The van der Waals surface area contributed by atoms with Gasteiger partial charge >= 0.3 is 0 Å². The third-order valence-corrected chi connectivity index (χ3v) is 5.39. The van der Waals surface area contributed by atoms with Gasteiger partial charge in [-0.05, 0) is 35.9 Å². The van der Waals surface area contributed by atoms with Crippen LogP contribution in [0.4, 0.5) is 11.5 Å². The molecule has 0 spiro atoms. The van der Waals surface area contributed by atoms with Crippen LogP contribution < -0.4 is 21.1 Å². The van der Waals surface area contributed by atoms with Crippen LogP contribution >= 0.6 is 11.8 Å². The number of para-hydroxylation sites is 1. The SMILES string of the molecule is COc1ccc(CNC(=O)CSc2nc(N)c(C(=O)Nc3ccccc3)cc2C#N)cc1. The number of nitriles is 1. The summed E-state index contributed by atoms with van der Waals surface area (Å²) in [4.78, 5) is 28.9. The molecule has 0 saturated carbocycles. The average Bonchev–Trinajstić information content (AvgIpc) is 2.82. The molecule has 1 heterocycles. The van der Waals surface area contributed by atoms with E-state index in [4.69, 9.17) is 10.5 Å². The zero-order valence-electron chi connectivity index (χ0n) is 17.3. The molecule has 0 aliphatic carbocycles. The molecule has 9 heteroatoms. The molecular weight excluding hydrogens is 426 g/mol. The summed E-state index contributed by atoms with van der Waals surface area (Å²) in [6, 6.07) is 19.6. The molecule has 3 rings (SSSR count). The number of hydrogen-bond acceptors (Lipinski definition) is 7. The highest BCUT2D eigenvalue weighted by Crippen LogP contribution is 2.25. The van der Waals surface area contributed by atoms with Crippen molar-refractivity contribution in [2.24, 2.45) is 0 Å². The molecule has 0 aliphatic heterocycles. The van der Waals surface area contributed by atoms with Crippen LogP contribution in [0.25, 0.3) is 0 Å². The molecular formula is C23H21N5O3S. The number of carbonyl (C=O) groups is 2. The van der Waals surface area contributed by atoms with Crippen LogP contribution in [0.1, 0.15) is 21.5 Å². The van der Waals surface area contributed by atoms with E-state index in [9.17, 15) is 14.9 Å². The fourth-order valence-electron chi connectivity index (χ4n) is 2.73. The van der Waals surface area contributed by atoms with E-state index in [0.29, 0.717) is 17.3 Å². The lowest BCUT2D eigenvalue weighted by molar-refractivity contribution is -0.118. The first-order valence-corrected chi connectivity index (χ1v) is 10.6. The van der Waals surface area contributed by atoms with E-state index in [1.807, 2.05) is 36.4 Å². The largest absolute Gasteiger partial charge is 0.497 e. The maximum absolute atomic E-state index is 12.5. The molecule has 8 nitrogen and oxygen atoms in total. The van der Waals surface area contributed by atoms with Gasteiger partial charge in [0.15, 0.2) is 0 Å². The quantitative estimate of drug-likeness (QED) is 0.452. The smallest absolute Gasteiger partial charge is 0.259 e. The number of benzene rings is 2. The Hall–Kier alpha value is -4.03. The first kappa shape index (κ1) is 22.7. The summed E-state index contributed by atoms with van der Waals surface area (Å²) in [6.07, 6.45) is 0. The Morgan fingerprint density at radius 1 is 1.16 bits per heavy atom. The van der Waals surface area contributed by atoms with Crippen LogP contribution in [0.5, 0.6) is 5.75 Å². The zero-order valence-corrected chi connectivity index (χ0v) is 18.1. The average molecular weight is 448 g/mol.